The molecule has 0 saturated heterocycles. The number of aryl methyl sites for hydroxylation is 2. The maximum absolute atomic E-state index is 12.3. The van der Waals surface area contributed by atoms with Crippen LogP contribution in [0, 0.1) is 13.8 Å². The minimum Gasteiger partial charge on any atom is -0.352 e. The average molecular weight is 284 g/mol. The molecule has 0 aliphatic carbocycles. The minimum atomic E-state index is -0.235. The number of nitrogens with one attached hydrogen (secondary N) is 2. The first kappa shape index (κ1) is 15.0. The fraction of sp³-hybridized carbons (Fsp3) is 0.312. The summed E-state index contributed by atoms with van der Waals surface area (Å²) in [6.45, 7) is 7.92. The van der Waals surface area contributed by atoms with Crippen LogP contribution in [0.2, 0.25) is 0 Å². The zero-order valence-electron chi connectivity index (χ0n) is 12.8. The van der Waals surface area contributed by atoms with Crippen LogP contribution in [0.15, 0.2) is 30.5 Å². The van der Waals surface area contributed by atoms with Gasteiger partial charge in [-0.15, -0.1) is 0 Å². The van der Waals surface area contributed by atoms with Gasteiger partial charge in [-0.2, -0.15) is 0 Å². The van der Waals surface area contributed by atoms with Gasteiger partial charge in [0.1, 0.15) is 5.69 Å². The molecule has 0 bridgehead atoms. The third kappa shape index (κ3) is 3.78. The lowest BCUT2D eigenvalue weighted by Crippen LogP contribution is -2.18. The monoisotopic (exact) mass is 284 g/mol. The van der Waals surface area contributed by atoms with E-state index < -0.39 is 0 Å². The summed E-state index contributed by atoms with van der Waals surface area (Å²) in [5, 5.41) is 6.00. The van der Waals surface area contributed by atoms with Crippen molar-refractivity contribution in [1.29, 1.82) is 0 Å². The van der Waals surface area contributed by atoms with Crippen LogP contribution < -0.4 is 10.6 Å². The topological polar surface area (TPSA) is 66.9 Å². The molecule has 0 aliphatic heterocycles. The summed E-state index contributed by atoms with van der Waals surface area (Å²) in [6, 6.07) is 7.72. The Morgan fingerprint density at radius 2 is 1.81 bits per heavy atom. The van der Waals surface area contributed by atoms with Gasteiger partial charge in [0.15, 0.2) is 0 Å². The van der Waals surface area contributed by atoms with E-state index in [-0.39, 0.29) is 11.9 Å². The molecule has 0 radical (unpaired) electrons. The second kappa shape index (κ2) is 6.35. The van der Waals surface area contributed by atoms with E-state index in [4.69, 9.17) is 0 Å². The summed E-state index contributed by atoms with van der Waals surface area (Å²) >= 11 is 0. The maximum Gasteiger partial charge on any atom is 0.274 e. The fourth-order valence-electron chi connectivity index (χ4n) is 2.00. The van der Waals surface area contributed by atoms with Gasteiger partial charge in [-0.3, -0.25) is 4.79 Å². The zero-order valence-corrected chi connectivity index (χ0v) is 12.8. The van der Waals surface area contributed by atoms with Crippen LogP contribution in [0.1, 0.15) is 35.5 Å². The highest BCUT2D eigenvalue weighted by Gasteiger charge is 2.12. The van der Waals surface area contributed by atoms with E-state index >= 15 is 0 Å². The van der Waals surface area contributed by atoms with Crippen molar-refractivity contribution in [1.82, 2.24) is 9.97 Å². The molecule has 0 atom stereocenters. The predicted molar refractivity (Wildman–Crippen MR) is 84.7 cm³/mol. The van der Waals surface area contributed by atoms with Gasteiger partial charge >= 0.3 is 0 Å². The Morgan fingerprint density at radius 3 is 2.43 bits per heavy atom. The van der Waals surface area contributed by atoms with Crippen molar-refractivity contribution in [2.75, 3.05) is 10.6 Å². The molecular formula is C16H20N4O. The van der Waals surface area contributed by atoms with E-state index in [9.17, 15) is 4.79 Å². The van der Waals surface area contributed by atoms with E-state index in [0.29, 0.717) is 11.6 Å². The summed E-state index contributed by atoms with van der Waals surface area (Å²) in [5.41, 5.74) is 3.23. The second-order valence-electron chi connectivity index (χ2n) is 5.29. The molecule has 5 heteroatoms. The van der Waals surface area contributed by atoms with Gasteiger partial charge in [-0.25, -0.2) is 9.97 Å². The highest BCUT2D eigenvalue weighted by molar-refractivity contribution is 6.03. The van der Waals surface area contributed by atoms with Crippen LogP contribution in [0.4, 0.5) is 11.6 Å². The summed E-state index contributed by atoms with van der Waals surface area (Å²) in [7, 11) is 0. The molecule has 1 heterocycles. The van der Waals surface area contributed by atoms with Gasteiger partial charge in [-0.05, 0) is 44.9 Å². The molecule has 2 rings (SSSR count). The van der Waals surface area contributed by atoms with Crippen LogP contribution in [0.5, 0.6) is 0 Å². The number of aromatic nitrogens is 2. The maximum atomic E-state index is 12.3. The number of amides is 1. The predicted octanol–water partition coefficient (Wildman–Crippen LogP) is 3.17. The standard InChI is InChI=1S/C16H20N4O/c1-10(2)18-16-17-9-8-13(19-16)15(21)20-14-11(3)6-5-7-12(14)4/h5-10H,1-4H3,(H,20,21)(H,17,18,19). The number of nitrogens with zero attached hydrogens (tertiary/aromatic N) is 2. The number of para-hydroxylation sites is 1. The fourth-order valence-corrected chi connectivity index (χ4v) is 2.00. The summed E-state index contributed by atoms with van der Waals surface area (Å²) < 4.78 is 0. The Hall–Kier alpha value is -2.43. The van der Waals surface area contributed by atoms with Gasteiger partial charge in [0.05, 0.1) is 0 Å². The van der Waals surface area contributed by atoms with Gasteiger partial charge < -0.3 is 10.6 Å². The smallest absolute Gasteiger partial charge is 0.274 e. The number of anilines is 2. The van der Waals surface area contributed by atoms with Crippen LogP contribution in [-0.4, -0.2) is 21.9 Å². The number of benzene rings is 1. The summed E-state index contributed by atoms with van der Waals surface area (Å²) in [5.74, 6) is 0.223. The summed E-state index contributed by atoms with van der Waals surface area (Å²) in [4.78, 5) is 20.7. The number of rotatable bonds is 4. The molecule has 0 unspecified atom stereocenters. The van der Waals surface area contributed by atoms with Gasteiger partial charge in [0.2, 0.25) is 5.95 Å². The SMILES string of the molecule is Cc1cccc(C)c1NC(=O)c1ccnc(NC(C)C)n1. The van der Waals surface area contributed by atoms with E-state index in [1.807, 2.05) is 45.9 Å². The van der Waals surface area contributed by atoms with E-state index in [1.165, 1.54) is 0 Å². The lowest BCUT2D eigenvalue weighted by atomic mass is 10.1. The number of carbonyl (C=O) groups excluding carboxylic acids is 1. The van der Waals surface area contributed by atoms with Crippen molar-refractivity contribution in [3.63, 3.8) is 0 Å². The van der Waals surface area contributed by atoms with Crippen molar-refractivity contribution in [3.05, 3.63) is 47.3 Å². The van der Waals surface area contributed by atoms with Gasteiger partial charge in [0.25, 0.3) is 5.91 Å². The highest BCUT2D eigenvalue weighted by atomic mass is 16.1. The first-order valence-electron chi connectivity index (χ1n) is 6.94. The Labute approximate surface area is 124 Å². The van der Waals surface area contributed by atoms with Crippen LogP contribution in [-0.2, 0) is 0 Å². The molecule has 0 aliphatic rings. The molecule has 1 amide bonds. The van der Waals surface area contributed by atoms with E-state index in [0.717, 1.165) is 16.8 Å². The molecule has 2 N–H and O–H groups in total. The molecule has 5 nitrogen and oxygen atoms in total. The summed E-state index contributed by atoms with van der Waals surface area (Å²) in [6.07, 6.45) is 1.58. The largest absolute Gasteiger partial charge is 0.352 e. The van der Waals surface area contributed by atoms with Crippen molar-refractivity contribution in [2.45, 2.75) is 33.7 Å². The number of hydrogen-bond donors (Lipinski definition) is 2. The van der Waals surface area contributed by atoms with Crippen molar-refractivity contribution >= 4 is 17.5 Å². The minimum absolute atomic E-state index is 0.210. The number of hydrogen-bond acceptors (Lipinski definition) is 4. The molecule has 21 heavy (non-hydrogen) atoms. The van der Waals surface area contributed by atoms with Crippen LogP contribution in [0.25, 0.3) is 0 Å². The van der Waals surface area contributed by atoms with E-state index in [1.54, 1.807) is 12.3 Å². The molecule has 0 fully saturated rings. The second-order valence-corrected chi connectivity index (χ2v) is 5.29. The lowest BCUT2D eigenvalue weighted by molar-refractivity contribution is 0.102. The highest BCUT2D eigenvalue weighted by Crippen LogP contribution is 2.20. The quantitative estimate of drug-likeness (QED) is 0.905. The first-order chi connectivity index (χ1) is 9.97. The molecule has 1 aromatic heterocycles. The molecule has 0 saturated carbocycles. The average Bonchev–Trinajstić information content (AvgIpc) is 2.42. The lowest BCUT2D eigenvalue weighted by Gasteiger charge is -2.12. The van der Waals surface area contributed by atoms with Gasteiger partial charge in [0, 0.05) is 17.9 Å². The normalized spacial score (nSPS) is 10.5. The Kier molecular flexibility index (Phi) is 4.52. The Balaban J connectivity index is 2.21. The van der Waals surface area contributed by atoms with Crippen molar-refractivity contribution in [2.24, 2.45) is 0 Å². The van der Waals surface area contributed by atoms with E-state index in [2.05, 4.69) is 20.6 Å². The first-order valence-corrected chi connectivity index (χ1v) is 6.94. The Bertz CT molecular complexity index is 632. The van der Waals surface area contributed by atoms with Crippen LogP contribution >= 0.6 is 0 Å². The molecule has 2 aromatic rings. The molecule has 1 aromatic carbocycles. The van der Waals surface area contributed by atoms with Gasteiger partial charge in [-0.1, -0.05) is 18.2 Å². The third-order valence-electron chi connectivity index (χ3n) is 3.03. The molecule has 0 spiro atoms. The van der Waals surface area contributed by atoms with Crippen molar-refractivity contribution < 1.29 is 4.79 Å². The molecule has 110 valence electrons. The Morgan fingerprint density at radius 1 is 1.14 bits per heavy atom. The third-order valence-corrected chi connectivity index (χ3v) is 3.03. The zero-order chi connectivity index (χ0) is 15.4. The van der Waals surface area contributed by atoms with Crippen molar-refractivity contribution in [3.8, 4) is 0 Å². The van der Waals surface area contributed by atoms with Crippen LogP contribution in [0.3, 0.4) is 0 Å². The number of carbonyl (C=O) groups is 1. The molecular weight excluding hydrogens is 264 g/mol.